The molecule has 4 amide bonds. The topological polar surface area (TPSA) is 184 Å². The van der Waals surface area contributed by atoms with E-state index in [1.54, 1.807) is 11.1 Å². The molecule has 15 nitrogen and oxygen atoms in total. The molecule has 7 rings (SSSR count). The molecule has 1 saturated carbocycles. The second kappa shape index (κ2) is 17.7. The number of imidazole rings is 2. The minimum Gasteiger partial charge on any atom is -0.453 e. The molecule has 0 radical (unpaired) electrons. The van der Waals surface area contributed by atoms with Crippen LogP contribution in [0.2, 0.25) is 0 Å². The summed E-state index contributed by atoms with van der Waals surface area (Å²) in [6, 6.07) is 11.2. The van der Waals surface area contributed by atoms with Crippen molar-refractivity contribution in [3.05, 3.63) is 71.6 Å². The zero-order chi connectivity index (χ0) is 42.0. The summed E-state index contributed by atoms with van der Waals surface area (Å²) in [6.45, 7) is 11.3. The number of carbonyl (C=O) groups excluding carboxylic acids is 4. The number of hydrogen-bond donors (Lipinski definition) is 4. The first-order valence-electron chi connectivity index (χ1n) is 20.6. The van der Waals surface area contributed by atoms with Crippen LogP contribution in [0.15, 0.2) is 48.8 Å². The fourth-order valence-electron chi connectivity index (χ4n) is 8.91. The first kappa shape index (κ1) is 41.5. The van der Waals surface area contributed by atoms with Gasteiger partial charge in [0.15, 0.2) is 0 Å². The highest BCUT2D eigenvalue weighted by molar-refractivity contribution is 5.87. The summed E-state index contributed by atoms with van der Waals surface area (Å²) in [5.41, 5.74) is 7.90. The monoisotopic (exact) mass is 808 g/mol. The van der Waals surface area contributed by atoms with Crippen molar-refractivity contribution in [2.45, 2.75) is 104 Å². The highest BCUT2D eigenvalue weighted by atomic mass is 16.5. The lowest BCUT2D eigenvalue weighted by Crippen LogP contribution is -2.54. The van der Waals surface area contributed by atoms with Crippen LogP contribution >= 0.6 is 0 Å². The van der Waals surface area contributed by atoms with Gasteiger partial charge in [0, 0.05) is 12.6 Å². The van der Waals surface area contributed by atoms with E-state index < -0.39 is 24.3 Å². The number of methoxy groups -OCH3 is 2. The van der Waals surface area contributed by atoms with Gasteiger partial charge in [0.05, 0.1) is 63.8 Å². The first-order valence-corrected chi connectivity index (χ1v) is 20.6. The minimum atomic E-state index is -0.721. The Morgan fingerprint density at radius 3 is 2.03 bits per heavy atom. The lowest BCUT2D eigenvalue weighted by molar-refractivity contribution is -0.139. The van der Waals surface area contributed by atoms with E-state index in [0.29, 0.717) is 31.5 Å². The van der Waals surface area contributed by atoms with Gasteiger partial charge in [-0.1, -0.05) is 58.9 Å². The van der Waals surface area contributed by atoms with E-state index in [2.05, 4.69) is 62.0 Å². The van der Waals surface area contributed by atoms with Crippen molar-refractivity contribution in [2.75, 3.05) is 20.8 Å². The summed E-state index contributed by atoms with van der Waals surface area (Å²) < 4.78 is 15.8. The van der Waals surface area contributed by atoms with Crippen LogP contribution < -0.4 is 10.6 Å². The van der Waals surface area contributed by atoms with E-state index in [-0.39, 0.29) is 42.3 Å². The Balaban J connectivity index is 1.08. The number of likely N-dealkylation sites (tertiary alicyclic amines) is 1. The Morgan fingerprint density at radius 1 is 0.847 bits per heavy atom. The molecule has 4 aromatic rings. The SMILES string of the molecule is CCCN(Cc1ncc(-c2ccc3c(c2)COCc2cc(-c4cnc([C@@H]5[C@H]6CC[C@H](C6)N5C(=O)C(NC(=O)OC)C(C)C)[nH]4)ccc2-3)[nH]1)C(=O)[C@@H](NC(=O)OC)C(C)C. The van der Waals surface area contributed by atoms with Crippen LogP contribution in [0.3, 0.4) is 0 Å². The lowest BCUT2D eigenvalue weighted by atomic mass is 9.93. The minimum absolute atomic E-state index is 0.103. The van der Waals surface area contributed by atoms with Crippen molar-refractivity contribution >= 4 is 24.0 Å². The molecule has 4 heterocycles. The van der Waals surface area contributed by atoms with E-state index in [4.69, 9.17) is 19.2 Å². The van der Waals surface area contributed by atoms with Gasteiger partial charge in [-0.25, -0.2) is 19.6 Å². The Labute approximate surface area is 345 Å². The van der Waals surface area contributed by atoms with Crippen LogP contribution in [0.25, 0.3) is 33.6 Å². The lowest BCUT2D eigenvalue weighted by Gasteiger charge is -2.37. The van der Waals surface area contributed by atoms with Crippen molar-refractivity contribution in [3.63, 3.8) is 0 Å². The van der Waals surface area contributed by atoms with Gasteiger partial charge in [-0.05, 0) is 89.0 Å². The summed E-state index contributed by atoms with van der Waals surface area (Å²) in [5, 5.41) is 5.44. The van der Waals surface area contributed by atoms with E-state index in [1.807, 2.05) is 45.7 Å². The van der Waals surface area contributed by atoms with Crippen LogP contribution in [0.1, 0.15) is 89.1 Å². The molecule has 15 heteroatoms. The smallest absolute Gasteiger partial charge is 0.407 e. The fraction of sp³-hybridized carbons (Fsp3) is 0.500. The number of H-pyrrole nitrogens is 2. The van der Waals surface area contributed by atoms with E-state index >= 15 is 0 Å². The molecule has 2 bridgehead atoms. The maximum Gasteiger partial charge on any atom is 0.407 e. The summed E-state index contributed by atoms with van der Waals surface area (Å²) >= 11 is 0. The quantitative estimate of drug-likeness (QED) is 0.114. The van der Waals surface area contributed by atoms with Crippen LogP contribution in [-0.4, -0.2) is 92.6 Å². The van der Waals surface area contributed by atoms with E-state index in [1.165, 1.54) is 14.2 Å². The van der Waals surface area contributed by atoms with Gasteiger partial charge in [0.25, 0.3) is 0 Å². The number of ether oxygens (including phenoxy) is 3. The standard InChI is InChI=1S/C44H56N8O7/c1-8-15-51(41(53)37(24(2)3)49-43(55)57-6)21-36-45-19-34(47-36)26-10-13-32-29(16-26)22-59-23-30-17-27(11-14-33(30)32)35-20-46-40(48-35)39-28-9-12-31(18-28)52(39)42(54)38(25(4)5)50-44(56)58-7/h10-11,13-14,16-17,19-20,24-25,28,31,37-39H,8-9,12,15,18,21-23H2,1-7H3,(H,45,47)(H,46,48)(H,49,55)(H,50,56)/t28-,31+,37-,38?,39-/m0/s1. The third-order valence-corrected chi connectivity index (χ3v) is 11.9. The average molecular weight is 809 g/mol. The van der Waals surface area contributed by atoms with Crippen molar-refractivity contribution in [2.24, 2.45) is 17.8 Å². The summed E-state index contributed by atoms with van der Waals surface area (Å²) in [6.07, 6.45) is 6.00. The first-order chi connectivity index (χ1) is 28.4. The summed E-state index contributed by atoms with van der Waals surface area (Å²) in [5.74, 6) is 1.16. The second-order valence-corrected chi connectivity index (χ2v) is 16.6. The van der Waals surface area contributed by atoms with Gasteiger partial charge in [-0.15, -0.1) is 0 Å². The molecule has 4 N–H and O–H groups in total. The normalized spacial score (nSPS) is 19.1. The van der Waals surface area contributed by atoms with Crippen molar-refractivity contribution in [1.82, 2.24) is 40.4 Å². The van der Waals surface area contributed by atoms with Gasteiger partial charge in [0.1, 0.15) is 23.7 Å². The number of aromatic amines is 2. The van der Waals surface area contributed by atoms with Gasteiger partial charge in [-0.2, -0.15) is 0 Å². The van der Waals surface area contributed by atoms with Crippen LogP contribution in [0.4, 0.5) is 9.59 Å². The molecule has 59 heavy (non-hydrogen) atoms. The molecule has 0 spiro atoms. The van der Waals surface area contributed by atoms with Crippen molar-refractivity contribution in [1.29, 1.82) is 0 Å². The zero-order valence-electron chi connectivity index (χ0n) is 35.0. The maximum absolute atomic E-state index is 14.0. The Bertz CT molecular complexity index is 2180. The predicted molar refractivity (Wildman–Crippen MR) is 220 cm³/mol. The van der Waals surface area contributed by atoms with Gasteiger partial charge in [0.2, 0.25) is 11.8 Å². The number of piperidine rings is 1. The number of hydrogen-bond acceptors (Lipinski definition) is 9. The van der Waals surface area contributed by atoms with Crippen LogP contribution in [0.5, 0.6) is 0 Å². The maximum atomic E-state index is 14.0. The Hall–Kier alpha value is -5.70. The molecule has 3 aliphatic rings. The third kappa shape index (κ3) is 8.56. The van der Waals surface area contributed by atoms with Crippen LogP contribution in [-0.2, 0) is 43.6 Å². The molecule has 5 atom stereocenters. The Kier molecular flexibility index (Phi) is 12.4. The molecule has 314 valence electrons. The Morgan fingerprint density at radius 2 is 1.44 bits per heavy atom. The number of benzene rings is 2. The number of rotatable bonds is 13. The third-order valence-electron chi connectivity index (χ3n) is 11.9. The number of carbonyl (C=O) groups is 4. The summed E-state index contributed by atoms with van der Waals surface area (Å²) in [4.78, 5) is 71.8. The van der Waals surface area contributed by atoms with Crippen LogP contribution in [0, 0.1) is 17.8 Å². The molecule has 1 saturated heterocycles. The number of nitrogens with zero attached hydrogens (tertiary/aromatic N) is 4. The molecular formula is C44H56N8O7. The average Bonchev–Trinajstić information content (AvgIpc) is 4.05. The van der Waals surface area contributed by atoms with Gasteiger partial charge < -0.3 is 44.6 Å². The van der Waals surface area contributed by atoms with E-state index in [0.717, 1.165) is 76.3 Å². The predicted octanol–water partition coefficient (Wildman–Crippen LogP) is 6.72. The number of fused-ring (bicyclic) bond motifs is 5. The number of alkyl carbamates (subject to hydrolysis) is 2. The second-order valence-electron chi connectivity index (χ2n) is 16.6. The number of nitrogens with one attached hydrogen (secondary N) is 4. The summed E-state index contributed by atoms with van der Waals surface area (Å²) in [7, 11) is 2.59. The number of amides is 4. The fourth-order valence-corrected chi connectivity index (χ4v) is 8.91. The van der Waals surface area contributed by atoms with Gasteiger partial charge >= 0.3 is 12.2 Å². The van der Waals surface area contributed by atoms with Gasteiger partial charge in [-0.3, -0.25) is 9.59 Å². The molecule has 2 fully saturated rings. The highest BCUT2D eigenvalue weighted by Crippen LogP contribution is 2.50. The molecule has 2 aliphatic heterocycles. The molecule has 2 aromatic carbocycles. The molecular weight excluding hydrogens is 753 g/mol. The zero-order valence-corrected chi connectivity index (χ0v) is 35.0. The van der Waals surface area contributed by atoms with Crippen molar-refractivity contribution < 1.29 is 33.4 Å². The molecule has 1 unspecified atom stereocenters. The number of aromatic nitrogens is 4. The molecule has 1 aliphatic carbocycles. The van der Waals surface area contributed by atoms with Crippen molar-refractivity contribution in [3.8, 4) is 33.6 Å². The van der Waals surface area contributed by atoms with E-state index in [9.17, 15) is 19.2 Å². The largest absolute Gasteiger partial charge is 0.453 e. The highest BCUT2D eigenvalue weighted by Gasteiger charge is 2.51. The molecule has 2 aromatic heterocycles.